The number of para-hydroxylation sites is 1. The zero-order valence-corrected chi connectivity index (χ0v) is 24.5. The lowest BCUT2D eigenvalue weighted by atomic mass is 10.0. The first-order valence-corrected chi connectivity index (χ1v) is 14.7. The summed E-state index contributed by atoms with van der Waals surface area (Å²) in [5, 5.41) is 6.67. The predicted octanol–water partition coefficient (Wildman–Crippen LogP) is 5.55. The quantitative estimate of drug-likeness (QED) is 0.315. The highest BCUT2D eigenvalue weighted by molar-refractivity contribution is 6.06. The second-order valence-electron chi connectivity index (χ2n) is 11.1. The molecule has 1 saturated heterocycles. The van der Waals surface area contributed by atoms with Gasteiger partial charge in [-0.3, -0.25) is 4.79 Å². The molecule has 212 valence electrons. The van der Waals surface area contributed by atoms with Crippen LogP contribution in [0.2, 0.25) is 0 Å². The molecular formula is C33H39N7O. The lowest BCUT2D eigenvalue weighted by Crippen LogP contribution is -2.44. The maximum atomic E-state index is 13.5. The van der Waals surface area contributed by atoms with Crippen molar-refractivity contribution < 1.29 is 4.79 Å². The van der Waals surface area contributed by atoms with E-state index in [2.05, 4.69) is 94.2 Å². The molecule has 4 aromatic rings. The monoisotopic (exact) mass is 549 g/mol. The third kappa shape index (κ3) is 5.32. The van der Waals surface area contributed by atoms with Crippen LogP contribution in [0.15, 0.2) is 54.9 Å². The molecule has 2 aromatic carbocycles. The lowest BCUT2D eigenvalue weighted by Gasteiger charge is -2.34. The minimum atomic E-state index is -0.0683. The van der Waals surface area contributed by atoms with Gasteiger partial charge in [0, 0.05) is 66.9 Å². The van der Waals surface area contributed by atoms with E-state index in [4.69, 9.17) is 4.98 Å². The molecule has 0 spiro atoms. The van der Waals surface area contributed by atoms with E-state index in [-0.39, 0.29) is 5.91 Å². The summed E-state index contributed by atoms with van der Waals surface area (Å²) in [4.78, 5) is 27.9. The molecule has 0 atom stereocenters. The fraction of sp³-hybridized carbons (Fsp3) is 0.364. The topological polar surface area (TPSA) is 78.3 Å². The summed E-state index contributed by atoms with van der Waals surface area (Å²) in [7, 11) is 2.18. The Labute approximate surface area is 242 Å². The van der Waals surface area contributed by atoms with Crippen molar-refractivity contribution in [2.75, 3.05) is 48.8 Å². The Bertz CT molecular complexity index is 1560. The summed E-state index contributed by atoms with van der Waals surface area (Å²) >= 11 is 0. The van der Waals surface area contributed by atoms with E-state index in [1.807, 2.05) is 18.5 Å². The van der Waals surface area contributed by atoms with E-state index in [9.17, 15) is 4.79 Å². The molecule has 2 N–H and O–H groups in total. The number of carbonyl (C=O) groups excluding carboxylic acids is 1. The van der Waals surface area contributed by atoms with Gasteiger partial charge in [0.1, 0.15) is 5.82 Å². The SMILES string of the molecule is CCc1cccc(CC)c1NC(=O)c1ccn2c1CCc1cnc(Nc3ccc(N4CCN(C)CC4)cc3C)nc1-2. The number of likely N-dealkylation sites (N-methyl/N-ethyl adjacent to an activating group) is 1. The molecule has 2 aromatic heterocycles. The van der Waals surface area contributed by atoms with Crippen LogP contribution < -0.4 is 15.5 Å². The molecule has 8 heteroatoms. The van der Waals surface area contributed by atoms with Gasteiger partial charge in [-0.1, -0.05) is 32.0 Å². The first-order chi connectivity index (χ1) is 19.9. The van der Waals surface area contributed by atoms with Crippen LogP contribution in [-0.4, -0.2) is 58.6 Å². The fourth-order valence-electron chi connectivity index (χ4n) is 5.98. The Balaban J connectivity index is 1.23. The van der Waals surface area contributed by atoms with Crippen LogP contribution in [0.3, 0.4) is 0 Å². The zero-order valence-electron chi connectivity index (χ0n) is 24.5. The number of hydrogen-bond donors (Lipinski definition) is 2. The molecule has 4 heterocycles. The standard InChI is InChI=1S/C33H39N7O/c1-5-23-8-7-9-24(6-2)30(23)36-32(41)27-14-15-40-29(27)13-10-25-21-34-33(37-31(25)40)35-28-12-11-26(20-22(28)3)39-18-16-38(4)17-19-39/h7-9,11-12,14-15,20-21H,5-6,10,13,16-19H2,1-4H3,(H,36,41)(H,34,35,37). The first-order valence-electron chi connectivity index (χ1n) is 14.7. The van der Waals surface area contributed by atoms with Crippen LogP contribution in [0.25, 0.3) is 5.82 Å². The van der Waals surface area contributed by atoms with Gasteiger partial charge in [0.25, 0.3) is 5.91 Å². The number of hydrogen-bond acceptors (Lipinski definition) is 6. The molecule has 1 fully saturated rings. The van der Waals surface area contributed by atoms with Crippen LogP contribution in [-0.2, 0) is 25.7 Å². The summed E-state index contributed by atoms with van der Waals surface area (Å²) in [6.45, 7) is 10.6. The molecule has 8 nitrogen and oxygen atoms in total. The number of anilines is 4. The van der Waals surface area contributed by atoms with Crippen molar-refractivity contribution in [2.24, 2.45) is 0 Å². The molecule has 6 rings (SSSR count). The van der Waals surface area contributed by atoms with Gasteiger partial charge in [-0.2, -0.15) is 4.98 Å². The summed E-state index contributed by atoms with van der Waals surface area (Å²) < 4.78 is 2.05. The van der Waals surface area contributed by atoms with E-state index in [0.717, 1.165) is 97.0 Å². The molecular weight excluding hydrogens is 510 g/mol. The second-order valence-corrected chi connectivity index (χ2v) is 11.1. The highest BCUT2D eigenvalue weighted by atomic mass is 16.1. The number of amides is 1. The summed E-state index contributed by atoms with van der Waals surface area (Å²) in [6, 6.07) is 14.7. The van der Waals surface area contributed by atoms with Gasteiger partial charge in [0.15, 0.2) is 0 Å². The third-order valence-electron chi connectivity index (χ3n) is 8.50. The molecule has 0 saturated carbocycles. The third-order valence-corrected chi connectivity index (χ3v) is 8.50. The van der Waals surface area contributed by atoms with Crippen LogP contribution in [0.1, 0.15) is 52.2 Å². The van der Waals surface area contributed by atoms with Crippen molar-refractivity contribution in [3.8, 4) is 5.82 Å². The highest BCUT2D eigenvalue weighted by Crippen LogP contribution is 2.30. The summed E-state index contributed by atoms with van der Waals surface area (Å²) in [5.74, 6) is 1.31. The Morgan fingerprint density at radius 3 is 2.44 bits per heavy atom. The molecule has 2 aliphatic rings. The van der Waals surface area contributed by atoms with E-state index in [1.54, 1.807) is 0 Å². The normalized spacial score (nSPS) is 14.9. The smallest absolute Gasteiger partial charge is 0.257 e. The van der Waals surface area contributed by atoms with Crippen LogP contribution in [0.5, 0.6) is 0 Å². The largest absolute Gasteiger partial charge is 0.369 e. The molecule has 41 heavy (non-hydrogen) atoms. The van der Waals surface area contributed by atoms with E-state index in [1.165, 1.54) is 5.69 Å². The molecule has 0 aliphatic carbocycles. The number of rotatable bonds is 7. The number of benzene rings is 2. The predicted molar refractivity (Wildman–Crippen MR) is 166 cm³/mol. The average molecular weight is 550 g/mol. The van der Waals surface area contributed by atoms with Crippen molar-refractivity contribution in [3.63, 3.8) is 0 Å². The zero-order chi connectivity index (χ0) is 28.5. The Kier molecular flexibility index (Phi) is 7.49. The van der Waals surface area contributed by atoms with E-state index in [0.29, 0.717) is 11.5 Å². The van der Waals surface area contributed by atoms with Crippen LogP contribution >= 0.6 is 0 Å². The first kappa shape index (κ1) is 27.0. The summed E-state index contributed by atoms with van der Waals surface area (Å²) in [6.07, 6.45) is 7.17. The number of carbonyl (C=O) groups is 1. The average Bonchev–Trinajstić information content (AvgIpc) is 3.44. The molecule has 0 unspecified atom stereocenters. The number of piperazine rings is 1. The van der Waals surface area contributed by atoms with Crippen molar-refractivity contribution in [2.45, 2.75) is 46.5 Å². The molecule has 0 radical (unpaired) electrons. The van der Waals surface area contributed by atoms with Gasteiger partial charge in [-0.25, -0.2) is 4.98 Å². The number of nitrogens with zero attached hydrogens (tertiary/aromatic N) is 5. The van der Waals surface area contributed by atoms with Crippen LogP contribution in [0.4, 0.5) is 23.0 Å². The highest BCUT2D eigenvalue weighted by Gasteiger charge is 2.25. The van der Waals surface area contributed by atoms with Gasteiger partial charge < -0.3 is 25.0 Å². The van der Waals surface area contributed by atoms with Crippen molar-refractivity contribution in [1.82, 2.24) is 19.4 Å². The number of nitrogens with one attached hydrogen (secondary N) is 2. The Morgan fingerprint density at radius 1 is 0.976 bits per heavy atom. The van der Waals surface area contributed by atoms with Crippen molar-refractivity contribution in [3.05, 3.63) is 88.4 Å². The maximum absolute atomic E-state index is 13.5. The van der Waals surface area contributed by atoms with Gasteiger partial charge >= 0.3 is 0 Å². The Hall–Kier alpha value is -4.17. The van der Waals surface area contributed by atoms with Gasteiger partial charge in [-0.15, -0.1) is 0 Å². The molecule has 0 bridgehead atoms. The maximum Gasteiger partial charge on any atom is 0.257 e. The van der Waals surface area contributed by atoms with E-state index < -0.39 is 0 Å². The van der Waals surface area contributed by atoms with Crippen molar-refractivity contribution >= 4 is 28.9 Å². The number of aromatic nitrogens is 3. The fourth-order valence-corrected chi connectivity index (χ4v) is 5.98. The van der Waals surface area contributed by atoms with Gasteiger partial charge in [0.05, 0.1) is 5.56 Å². The van der Waals surface area contributed by atoms with Crippen LogP contribution in [0, 0.1) is 6.92 Å². The van der Waals surface area contributed by atoms with E-state index >= 15 is 0 Å². The molecule has 1 amide bonds. The van der Waals surface area contributed by atoms with Crippen molar-refractivity contribution in [1.29, 1.82) is 0 Å². The minimum absolute atomic E-state index is 0.0683. The van der Waals surface area contributed by atoms with Gasteiger partial charge in [0.2, 0.25) is 5.95 Å². The summed E-state index contributed by atoms with van der Waals surface area (Å²) in [5.41, 5.74) is 9.43. The van der Waals surface area contributed by atoms with Gasteiger partial charge in [-0.05, 0) is 80.6 Å². The second kappa shape index (κ2) is 11.4. The molecule has 2 aliphatic heterocycles. The minimum Gasteiger partial charge on any atom is -0.369 e. The number of aryl methyl sites for hydroxylation is 4. The lowest BCUT2D eigenvalue weighted by molar-refractivity contribution is 0.102. The Morgan fingerprint density at radius 2 is 1.73 bits per heavy atom. The number of fused-ring (bicyclic) bond motifs is 3.